The van der Waals surface area contributed by atoms with E-state index in [1.807, 2.05) is 0 Å². The number of ketones is 5. The molecule has 0 aromatic heterocycles. The summed E-state index contributed by atoms with van der Waals surface area (Å²) in [5.41, 5.74) is -15.0. The molecule has 4 fully saturated rings. The maximum absolute atomic E-state index is 15.3. The number of fused-ring (bicyclic) bond motifs is 6. The van der Waals surface area contributed by atoms with Crippen molar-refractivity contribution in [2.75, 3.05) is 0 Å². The third kappa shape index (κ3) is 4.95. The van der Waals surface area contributed by atoms with Crippen LogP contribution in [0.15, 0.2) is 106 Å². The van der Waals surface area contributed by atoms with Crippen molar-refractivity contribution in [3.8, 4) is 0 Å². The van der Waals surface area contributed by atoms with E-state index in [-0.39, 0.29) is 5.57 Å². The van der Waals surface area contributed by atoms with Gasteiger partial charge in [0.05, 0.1) is 10.8 Å². The lowest BCUT2D eigenvalue weighted by Gasteiger charge is -2.58. The molecule has 0 spiro atoms. The molecule has 13 nitrogen and oxygen atoms in total. The Balaban J connectivity index is 1.89. The molecule has 1 saturated heterocycles. The Morgan fingerprint density at radius 3 is 1.78 bits per heavy atom. The highest BCUT2D eigenvalue weighted by molar-refractivity contribution is 6.28. The van der Waals surface area contributed by atoms with Crippen LogP contribution in [0.4, 0.5) is 0 Å². The quantitative estimate of drug-likeness (QED) is 0.0475. The van der Waals surface area contributed by atoms with Crippen LogP contribution in [0.25, 0.3) is 0 Å². The summed E-state index contributed by atoms with van der Waals surface area (Å²) in [6, 6.07) is 0. The van der Waals surface area contributed by atoms with Gasteiger partial charge in [-0.05, 0) is 74.5 Å². The molecular formula is C42H48O13. The zero-order valence-electron chi connectivity index (χ0n) is 32.2. The number of carbonyl (C=O) groups excluding carboxylic acids is 5. The number of carbonyl (C=O) groups is 5. The van der Waals surface area contributed by atoms with E-state index >= 15 is 4.79 Å². The molecule has 6 rings (SSSR count). The molecule has 0 unspecified atom stereocenters. The smallest absolute Gasteiger partial charge is 0.216 e. The molecule has 2 bridgehead atoms. The van der Waals surface area contributed by atoms with Gasteiger partial charge in [0, 0.05) is 40.4 Å². The molecule has 0 aromatic carbocycles. The van der Waals surface area contributed by atoms with Crippen molar-refractivity contribution in [1.29, 1.82) is 0 Å². The first-order chi connectivity index (χ1) is 25.4. The molecule has 0 amide bonds. The van der Waals surface area contributed by atoms with Crippen LogP contribution in [0.2, 0.25) is 0 Å². The summed E-state index contributed by atoms with van der Waals surface area (Å²) in [6.07, 6.45) is 14.3. The van der Waals surface area contributed by atoms with Gasteiger partial charge in [0.1, 0.15) is 39.8 Å². The minimum absolute atomic E-state index is 0.309. The van der Waals surface area contributed by atoms with Crippen molar-refractivity contribution < 1.29 is 64.5 Å². The lowest BCUT2D eigenvalue weighted by molar-refractivity contribution is -0.317. The predicted octanol–water partition coefficient (Wildman–Crippen LogP) is 4.45. The number of rotatable bonds is 7. The Labute approximate surface area is 318 Å². The Morgan fingerprint density at radius 2 is 1.27 bits per heavy atom. The van der Waals surface area contributed by atoms with Crippen molar-refractivity contribution in [1.82, 2.24) is 0 Å². The first-order valence-corrected chi connectivity index (χ1v) is 17.9. The van der Waals surface area contributed by atoms with E-state index in [1.54, 1.807) is 39.0 Å². The van der Waals surface area contributed by atoms with Crippen molar-refractivity contribution in [2.24, 2.45) is 34.5 Å². The summed E-state index contributed by atoms with van der Waals surface area (Å²) >= 11 is 0. The fraction of sp³-hybridized carbons (Fsp3) is 0.452. The summed E-state index contributed by atoms with van der Waals surface area (Å²) in [5, 5.41) is 83.0. The number of aliphatic hydroxyl groups is 7. The molecule has 1 heterocycles. The minimum atomic E-state index is -3.21. The number of allylic oxidation sites excluding steroid dienone is 11. The fourth-order valence-electron chi connectivity index (χ4n) is 9.78. The van der Waals surface area contributed by atoms with Crippen LogP contribution in [-0.2, 0) is 28.7 Å². The molecular weight excluding hydrogens is 712 g/mol. The van der Waals surface area contributed by atoms with E-state index in [1.165, 1.54) is 51.2 Å². The highest BCUT2D eigenvalue weighted by atomic mass is 16.7. The molecule has 6 aliphatic rings. The highest BCUT2D eigenvalue weighted by Gasteiger charge is 2.83. The van der Waals surface area contributed by atoms with E-state index in [4.69, 9.17) is 4.74 Å². The standard InChI is InChI=1S/C42H48O13/c1-10-13-15-18-22(43)25-28-24(21(17-12-3)37(5,33(25)48)36(51)39(28,7)52)30(46)27-34(49)38(6)31-26(23(44)19-16-14-11-2)29(45)20(4)32(47)40(31,8)55-42(38,54)41(9,53)35(27)50/h10-19,21,24,28,31,43-45,49,52-54H,1-9H3/b13-10+,14-11+,17-12+,18-15+,19-16+,25-22-,26-23+/t21-,24-,28+,31-,37-,38-,39+,40+,41+,42-/m0/s1. The van der Waals surface area contributed by atoms with E-state index in [9.17, 15) is 54.9 Å². The average molecular weight is 761 g/mol. The topological polar surface area (TPSA) is 236 Å². The molecule has 3 saturated carbocycles. The number of ether oxygens (including phenoxy) is 1. The van der Waals surface area contributed by atoms with Gasteiger partial charge in [0.25, 0.3) is 0 Å². The molecule has 55 heavy (non-hydrogen) atoms. The molecule has 13 heteroatoms. The Kier molecular flexibility index (Phi) is 9.80. The van der Waals surface area contributed by atoms with Crippen LogP contribution >= 0.6 is 0 Å². The van der Waals surface area contributed by atoms with E-state index in [0.29, 0.717) is 0 Å². The SMILES string of the molecule is C/C=C/C=C/C(O)=C1/C(O)=C(C)C(=O)[C@]2(C)O[C@]3(O)[C@](C)(O)C(=O)C(C(=O)[C@H]4[C@H](/C=C/C)[C@@]5(C)C(=O)/C(=C(O)/C=C/C=C/C)[C@@H]4[C@@](C)(O)C5=O)=C(O)[C@]3(C)[C@H]12. The number of hydrogen-bond acceptors (Lipinski definition) is 13. The highest BCUT2D eigenvalue weighted by Crippen LogP contribution is 2.69. The molecule has 0 aromatic rings. The van der Waals surface area contributed by atoms with E-state index in [0.717, 1.165) is 32.9 Å². The summed E-state index contributed by atoms with van der Waals surface area (Å²) in [6.45, 7) is 11.6. The van der Waals surface area contributed by atoms with Crippen LogP contribution < -0.4 is 0 Å². The summed E-state index contributed by atoms with van der Waals surface area (Å²) in [4.78, 5) is 71.9. The molecule has 5 aliphatic carbocycles. The van der Waals surface area contributed by atoms with Crippen molar-refractivity contribution in [3.63, 3.8) is 0 Å². The largest absolute Gasteiger partial charge is 0.511 e. The van der Waals surface area contributed by atoms with Crippen LogP contribution in [0.1, 0.15) is 62.3 Å². The van der Waals surface area contributed by atoms with Crippen LogP contribution in [-0.4, -0.2) is 87.3 Å². The Morgan fingerprint density at radius 1 is 0.745 bits per heavy atom. The second kappa shape index (κ2) is 13.1. The third-order valence-electron chi connectivity index (χ3n) is 12.5. The van der Waals surface area contributed by atoms with Gasteiger partial charge in [-0.3, -0.25) is 24.0 Å². The molecule has 10 atom stereocenters. The van der Waals surface area contributed by atoms with Crippen molar-refractivity contribution in [2.45, 2.75) is 84.9 Å². The van der Waals surface area contributed by atoms with Gasteiger partial charge < -0.3 is 40.5 Å². The van der Waals surface area contributed by atoms with E-state index < -0.39 is 126 Å². The minimum Gasteiger partial charge on any atom is -0.511 e. The van der Waals surface area contributed by atoms with Gasteiger partial charge in [-0.25, -0.2) is 0 Å². The second-order valence-electron chi connectivity index (χ2n) is 15.7. The monoisotopic (exact) mass is 760 g/mol. The molecule has 0 radical (unpaired) electrons. The maximum Gasteiger partial charge on any atom is 0.216 e. The van der Waals surface area contributed by atoms with Gasteiger partial charge in [0.15, 0.2) is 28.7 Å². The molecule has 1 aliphatic heterocycles. The molecule has 294 valence electrons. The first-order valence-electron chi connectivity index (χ1n) is 17.9. The van der Waals surface area contributed by atoms with E-state index in [2.05, 4.69) is 0 Å². The zero-order chi connectivity index (χ0) is 41.6. The fourth-order valence-corrected chi connectivity index (χ4v) is 9.78. The predicted molar refractivity (Wildman–Crippen MR) is 198 cm³/mol. The second-order valence-corrected chi connectivity index (χ2v) is 15.7. The summed E-state index contributed by atoms with van der Waals surface area (Å²) in [5.74, 6) is -18.7. The summed E-state index contributed by atoms with van der Waals surface area (Å²) < 4.78 is 6.00. The Bertz CT molecular complexity index is 2100. The lowest BCUT2D eigenvalue weighted by atomic mass is 9.42. The third-order valence-corrected chi connectivity index (χ3v) is 12.5. The van der Waals surface area contributed by atoms with Gasteiger partial charge in [-0.2, -0.15) is 0 Å². The van der Waals surface area contributed by atoms with Gasteiger partial charge >= 0.3 is 0 Å². The maximum atomic E-state index is 15.3. The summed E-state index contributed by atoms with van der Waals surface area (Å²) in [7, 11) is 0. The van der Waals surface area contributed by atoms with Crippen LogP contribution in [0.3, 0.4) is 0 Å². The normalized spacial score (nSPS) is 42.6. The van der Waals surface area contributed by atoms with Gasteiger partial charge in [-0.1, -0.05) is 48.6 Å². The average Bonchev–Trinajstić information content (AvgIpc) is 3.32. The zero-order valence-corrected chi connectivity index (χ0v) is 32.2. The number of Topliss-reactive ketones (excluding diaryl/α,β-unsaturated/α-hetero) is 5. The van der Waals surface area contributed by atoms with Crippen LogP contribution in [0.5, 0.6) is 0 Å². The Hall–Kier alpha value is -4.95. The first kappa shape index (κ1) is 41.2. The van der Waals surface area contributed by atoms with Gasteiger partial charge in [0.2, 0.25) is 11.6 Å². The number of aliphatic hydroxyl groups excluding tert-OH is 4. The van der Waals surface area contributed by atoms with Crippen molar-refractivity contribution >= 4 is 28.9 Å². The molecule has 7 N–H and O–H groups in total. The number of hydrogen-bond donors (Lipinski definition) is 7. The van der Waals surface area contributed by atoms with Gasteiger partial charge in [-0.15, -0.1) is 0 Å². The van der Waals surface area contributed by atoms with Crippen LogP contribution in [0, 0.1) is 34.5 Å². The van der Waals surface area contributed by atoms with Crippen molar-refractivity contribution in [3.05, 3.63) is 106 Å². The lowest BCUT2D eigenvalue weighted by Crippen LogP contribution is -2.73.